The van der Waals surface area contributed by atoms with E-state index in [1.54, 1.807) is 61.5 Å². The topological polar surface area (TPSA) is 96.0 Å². The lowest BCUT2D eigenvalue weighted by atomic mass is 10.0. The summed E-state index contributed by atoms with van der Waals surface area (Å²) in [6, 6.07) is 27.0. The van der Waals surface area contributed by atoms with Crippen LogP contribution in [0.15, 0.2) is 113 Å². The molecule has 0 heterocycles. The van der Waals surface area contributed by atoms with Gasteiger partial charge < -0.3 is 15.0 Å². The first-order chi connectivity index (χ1) is 23.1. The number of halogens is 1. The van der Waals surface area contributed by atoms with Crippen LogP contribution in [0.1, 0.15) is 38.3 Å². The van der Waals surface area contributed by atoms with Gasteiger partial charge in [0.25, 0.3) is 10.0 Å². The number of hydrogen-bond acceptors (Lipinski definition) is 6. The van der Waals surface area contributed by atoms with Crippen molar-refractivity contribution >= 4 is 39.3 Å². The number of sulfonamides is 1. The number of para-hydroxylation sites is 2. The molecule has 0 saturated carbocycles. The molecule has 0 aliphatic carbocycles. The van der Waals surface area contributed by atoms with Crippen LogP contribution >= 0.6 is 11.8 Å². The third-order valence-electron chi connectivity index (χ3n) is 7.93. The number of nitrogens with one attached hydrogen (secondary N) is 1. The maximum atomic E-state index is 15.1. The molecule has 0 aliphatic rings. The molecule has 4 aromatic rings. The molecule has 0 saturated heterocycles. The van der Waals surface area contributed by atoms with Gasteiger partial charge in [0.1, 0.15) is 24.2 Å². The zero-order valence-electron chi connectivity index (χ0n) is 27.6. The van der Waals surface area contributed by atoms with Gasteiger partial charge >= 0.3 is 0 Å². The molecule has 1 N–H and O–H groups in total. The molecule has 254 valence electrons. The van der Waals surface area contributed by atoms with Crippen LogP contribution in [-0.2, 0) is 32.6 Å². The van der Waals surface area contributed by atoms with Crippen LogP contribution in [0.4, 0.5) is 10.1 Å². The van der Waals surface area contributed by atoms with E-state index in [-0.39, 0.29) is 47.5 Å². The van der Waals surface area contributed by atoms with E-state index in [1.807, 2.05) is 50.4 Å². The quantitative estimate of drug-likeness (QED) is 0.132. The molecule has 0 radical (unpaired) electrons. The summed E-state index contributed by atoms with van der Waals surface area (Å²) >= 11 is 1.47. The maximum absolute atomic E-state index is 15.1. The highest BCUT2D eigenvalue weighted by molar-refractivity contribution is 7.98. The Morgan fingerprint density at radius 1 is 0.896 bits per heavy atom. The SMILES string of the molecule is CCOc1ccccc1N(CC(=O)N(Cc1ccccc1F)C(Cc1ccccc1)C(=O)NC(C)CC)S(=O)(=O)c1ccc(SC)cc1. The van der Waals surface area contributed by atoms with Crippen LogP contribution in [0.2, 0.25) is 0 Å². The predicted octanol–water partition coefficient (Wildman–Crippen LogP) is 6.70. The summed E-state index contributed by atoms with van der Waals surface area (Å²) in [5.74, 6) is -1.38. The number of carbonyl (C=O) groups excluding carboxylic acids is 2. The second-order valence-electron chi connectivity index (χ2n) is 11.2. The van der Waals surface area contributed by atoms with Gasteiger partial charge in [-0.3, -0.25) is 13.9 Å². The normalized spacial score (nSPS) is 12.5. The Bertz CT molecular complexity index is 1770. The molecule has 0 spiro atoms. The first-order valence-electron chi connectivity index (χ1n) is 15.8. The van der Waals surface area contributed by atoms with Gasteiger partial charge in [-0.15, -0.1) is 11.8 Å². The molecule has 0 bridgehead atoms. The van der Waals surface area contributed by atoms with Gasteiger partial charge in [0.05, 0.1) is 17.2 Å². The third-order valence-corrected chi connectivity index (χ3v) is 10.4. The van der Waals surface area contributed by atoms with Gasteiger partial charge in [-0.1, -0.05) is 67.6 Å². The monoisotopic (exact) mass is 691 g/mol. The first kappa shape index (κ1) is 36.5. The number of rotatable bonds is 16. The number of hydrogen-bond donors (Lipinski definition) is 1. The second-order valence-corrected chi connectivity index (χ2v) is 14.0. The highest BCUT2D eigenvalue weighted by Crippen LogP contribution is 2.33. The van der Waals surface area contributed by atoms with E-state index in [0.29, 0.717) is 6.42 Å². The minimum atomic E-state index is -4.34. The predicted molar refractivity (Wildman–Crippen MR) is 189 cm³/mol. The molecule has 2 atom stereocenters. The second kappa shape index (κ2) is 17.2. The maximum Gasteiger partial charge on any atom is 0.264 e. The zero-order chi connectivity index (χ0) is 34.7. The summed E-state index contributed by atoms with van der Waals surface area (Å²) in [6.07, 6.45) is 2.67. The van der Waals surface area contributed by atoms with Crippen molar-refractivity contribution in [2.24, 2.45) is 0 Å². The molecule has 11 heteroatoms. The fraction of sp³-hybridized carbons (Fsp3) is 0.297. The molecule has 2 amide bonds. The van der Waals surface area contributed by atoms with E-state index in [9.17, 15) is 18.0 Å². The van der Waals surface area contributed by atoms with Crippen molar-refractivity contribution in [3.8, 4) is 5.75 Å². The summed E-state index contributed by atoms with van der Waals surface area (Å²) in [5, 5.41) is 2.98. The van der Waals surface area contributed by atoms with Crippen LogP contribution in [0.3, 0.4) is 0 Å². The molecule has 2 unspecified atom stereocenters. The van der Waals surface area contributed by atoms with Crippen molar-refractivity contribution in [1.29, 1.82) is 0 Å². The van der Waals surface area contributed by atoms with Gasteiger partial charge in [0.15, 0.2) is 0 Å². The van der Waals surface area contributed by atoms with Crippen LogP contribution in [-0.4, -0.2) is 56.6 Å². The Balaban J connectivity index is 1.85. The Labute approximate surface area is 287 Å². The first-order valence-corrected chi connectivity index (χ1v) is 18.5. The van der Waals surface area contributed by atoms with Gasteiger partial charge in [-0.05, 0) is 74.6 Å². The smallest absolute Gasteiger partial charge is 0.264 e. The Morgan fingerprint density at radius 2 is 1.54 bits per heavy atom. The van der Waals surface area contributed by atoms with Crippen molar-refractivity contribution in [1.82, 2.24) is 10.2 Å². The lowest BCUT2D eigenvalue weighted by Crippen LogP contribution is -2.54. The number of ether oxygens (including phenoxy) is 1. The number of amides is 2. The van der Waals surface area contributed by atoms with E-state index in [2.05, 4.69) is 5.32 Å². The fourth-order valence-corrected chi connectivity index (χ4v) is 6.97. The van der Waals surface area contributed by atoms with Gasteiger partial charge in [-0.2, -0.15) is 0 Å². The third kappa shape index (κ3) is 9.17. The molecule has 8 nitrogen and oxygen atoms in total. The molecular weight excluding hydrogens is 650 g/mol. The number of nitrogens with zero attached hydrogens (tertiary/aromatic N) is 2. The molecule has 0 fully saturated rings. The highest BCUT2D eigenvalue weighted by Gasteiger charge is 2.36. The van der Waals surface area contributed by atoms with Gasteiger partial charge in [0.2, 0.25) is 11.8 Å². The molecule has 4 rings (SSSR count). The Morgan fingerprint density at radius 3 is 2.19 bits per heavy atom. The minimum absolute atomic E-state index is 0.0181. The average molecular weight is 692 g/mol. The van der Waals surface area contributed by atoms with Crippen LogP contribution in [0.5, 0.6) is 5.75 Å². The molecular formula is C37H42FN3O5S2. The van der Waals surface area contributed by atoms with Crippen LogP contribution in [0.25, 0.3) is 0 Å². The molecule has 0 aliphatic heterocycles. The summed E-state index contributed by atoms with van der Waals surface area (Å²) < 4.78 is 50.7. The summed E-state index contributed by atoms with van der Waals surface area (Å²) in [7, 11) is -4.34. The van der Waals surface area contributed by atoms with Crippen molar-refractivity contribution in [3.05, 3.63) is 120 Å². The molecule has 48 heavy (non-hydrogen) atoms. The fourth-order valence-electron chi connectivity index (χ4n) is 5.13. The summed E-state index contributed by atoms with van der Waals surface area (Å²) in [4.78, 5) is 30.8. The van der Waals surface area contributed by atoms with Crippen molar-refractivity contribution in [2.45, 2.75) is 62.0 Å². The largest absolute Gasteiger partial charge is 0.492 e. The highest BCUT2D eigenvalue weighted by atomic mass is 32.2. The summed E-state index contributed by atoms with van der Waals surface area (Å²) in [6.45, 7) is 4.90. The van der Waals surface area contributed by atoms with E-state index >= 15 is 4.39 Å². The summed E-state index contributed by atoms with van der Waals surface area (Å²) in [5.41, 5.74) is 1.14. The average Bonchev–Trinajstić information content (AvgIpc) is 3.10. The molecule has 0 aromatic heterocycles. The van der Waals surface area contributed by atoms with Crippen molar-refractivity contribution in [2.75, 3.05) is 23.7 Å². The molecule has 4 aromatic carbocycles. The van der Waals surface area contributed by atoms with E-state index < -0.39 is 40.2 Å². The lowest BCUT2D eigenvalue weighted by molar-refractivity contribution is -0.140. The van der Waals surface area contributed by atoms with E-state index in [1.165, 1.54) is 34.9 Å². The van der Waals surface area contributed by atoms with Crippen molar-refractivity contribution < 1.29 is 27.1 Å². The standard InChI is InChI=1S/C37H42FN3O5S2/c1-5-27(3)39-37(43)34(24-28-14-8-7-9-15-28)40(25-29-16-10-11-17-32(29)38)36(42)26-41(33-18-12-13-19-35(33)46-6-2)48(44,45)31-22-20-30(47-4)21-23-31/h7-23,27,34H,5-6,24-26H2,1-4H3,(H,39,43). The Hall–Kier alpha value is -4.35. The number of thioether (sulfide) groups is 1. The van der Waals surface area contributed by atoms with Gasteiger partial charge in [0, 0.05) is 29.5 Å². The Kier molecular flexibility index (Phi) is 13.0. The number of carbonyl (C=O) groups is 2. The van der Waals surface area contributed by atoms with Crippen LogP contribution in [0, 0.1) is 5.82 Å². The van der Waals surface area contributed by atoms with E-state index in [0.717, 1.165) is 14.8 Å². The van der Waals surface area contributed by atoms with Crippen molar-refractivity contribution in [3.63, 3.8) is 0 Å². The number of benzene rings is 4. The zero-order valence-corrected chi connectivity index (χ0v) is 29.3. The van der Waals surface area contributed by atoms with Gasteiger partial charge in [-0.25, -0.2) is 12.8 Å². The van der Waals surface area contributed by atoms with E-state index in [4.69, 9.17) is 4.74 Å². The van der Waals surface area contributed by atoms with Crippen LogP contribution < -0.4 is 14.4 Å². The number of anilines is 1. The minimum Gasteiger partial charge on any atom is -0.492 e. The lowest BCUT2D eigenvalue weighted by Gasteiger charge is -2.34.